The summed E-state index contributed by atoms with van der Waals surface area (Å²) in [6.45, 7) is 3.63. The van der Waals surface area contributed by atoms with Crippen molar-refractivity contribution in [2.75, 3.05) is 0 Å². The SMILES string of the molecule is CC(C)=CCc1c(O)cc2oc3ccc(CO)cc3c(=O)c2c1O. The maximum absolute atomic E-state index is 12.8. The number of aromatic hydroxyl groups is 2. The molecule has 5 heteroatoms. The number of aliphatic hydroxyl groups is 1. The lowest BCUT2D eigenvalue weighted by Gasteiger charge is -2.10. The molecule has 0 aliphatic carbocycles. The van der Waals surface area contributed by atoms with Gasteiger partial charge >= 0.3 is 0 Å². The first-order chi connectivity index (χ1) is 11.4. The van der Waals surface area contributed by atoms with Gasteiger partial charge in [0.25, 0.3) is 0 Å². The van der Waals surface area contributed by atoms with Crippen LogP contribution in [0.25, 0.3) is 21.9 Å². The van der Waals surface area contributed by atoms with E-state index in [9.17, 15) is 20.1 Å². The normalized spacial score (nSPS) is 11.1. The van der Waals surface area contributed by atoms with Crippen LogP contribution >= 0.6 is 0 Å². The van der Waals surface area contributed by atoms with Gasteiger partial charge in [-0.25, -0.2) is 0 Å². The zero-order chi connectivity index (χ0) is 17.4. The van der Waals surface area contributed by atoms with Crippen LogP contribution < -0.4 is 5.43 Å². The van der Waals surface area contributed by atoms with Gasteiger partial charge in [0.2, 0.25) is 5.43 Å². The Morgan fingerprint density at radius 2 is 1.92 bits per heavy atom. The third kappa shape index (κ3) is 2.63. The Kier molecular flexibility index (Phi) is 4.03. The lowest BCUT2D eigenvalue weighted by molar-refractivity contribution is 0.282. The van der Waals surface area contributed by atoms with E-state index in [4.69, 9.17) is 4.42 Å². The highest BCUT2D eigenvalue weighted by Gasteiger charge is 2.18. The maximum atomic E-state index is 12.8. The number of aliphatic hydroxyl groups excluding tert-OH is 1. The molecular weight excluding hydrogens is 308 g/mol. The molecular formula is C19H18O5. The number of phenols is 2. The van der Waals surface area contributed by atoms with Crippen LogP contribution in [0.5, 0.6) is 11.5 Å². The zero-order valence-corrected chi connectivity index (χ0v) is 13.5. The lowest BCUT2D eigenvalue weighted by atomic mass is 10.0. The van der Waals surface area contributed by atoms with Gasteiger partial charge in [-0.05, 0) is 38.0 Å². The Hall–Kier alpha value is -2.79. The maximum Gasteiger partial charge on any atom is 0.204 e. The minimum absolute atomic E-state index is 0.0348. The predicted octanol–water partition coefficient (Wildman–Crippen LogP) is 3.36. The number of phenolic OH excluding ortho intramolecular Hbond substituents is 2. The highest BCUT2D eigenvalue weighted by Crippen LogP contribution is 2.36. The number of hydrogen-bond acceptors (Lipinski definition) is 5. The van der Waals surface area contributed by atoms with E-state index >= 15 is 0 Å². The molecule has 0 saturated heterocycles. The first kappa shape index (κ1) is 16.1. The molecule has 24 heavy (non-hydrogen) atoms. The van der Waals surface area contributed by atoms with Gasteiger partial charge in [-0.3, -0.25) is 4.79 Å². The number of hydrogen-bond donors (Lipinski definition) is 3. The molecule has 0 spiro atoms. The molecule has 0 aliphatic heterocycles. The highest BCUT2D eigenvalue weighted by atomic mass is 16.3. The van der Waals surface area contributed by atoms with Gasteiger partial charge in [0.05, 0.1) is 12.0 Å². The molecule has 5 nitrogen and oxygen atoms in total. The molecule has 0 bridgehead atoms. The van der Waals surface area contributed by atoms with Crippen molar-refractivity contribution >= 4 is 21.9 Å². The molecule has 2 aromatic carbocycles. The quantitative estimate of drug-likeness (QED) is 0.507. The summed E-state index contributed by atoms with van der Waals surface area (Å²) in [7, 11) is 0. The van der Waals surface area contributed by atoms with Crippen LogP contribution in [0.15, 0.2) is 45.1 Å². The van der Waals surface area contributed by atoms with Gasteiger partial charge in [0.1, 0.15) is 28.1 Å². The van der Waals surface area contributed by atoms with Gasteiger partial charge in [-0.2, -0.15) is 0 Å². The number of allylic oxidation sites excluding steroid dienone is 2. The molecule has 0 radical (unpaired) electrons. The predicted molar refractivity (Wildman–Crippen MR) is 92.4 cm³/mol. The minimum atomic E-state index is -0.391. The molecule has 0 atom stereocenters. The first-order valence-corrected chi connectivity index (χ1v) is 7.60. The molecule has 124 valence electrons. The third-order valence-corrected chi connectivity index (χ3v) is 3.98. The molecule has 3 rings (SSSR count). The van der Waals surface area contributed by atoms with E-state index in [1.807, 2.05) is 19.9 Å². The topological polar surface area (TPSA) is 90.9 Å². The molecule has 0 saturated carbocycles. The van der Waals surface area contributed by atoms with Gasteiger partial charge in [0.15, 0.2) is 0 Å². The fourth-order valence-electron chi connectivity index (χ4n) is 2.67. The Balaban J connectivity index is 2.37. The Bertz CT molecular complexity index is 1020. The Morgan fingerprint density at radius 1 is 1.17 bits per heavy atom. The van der Waals surface area contributed by atoms with E-state index in [0.29, 0.717) is 17.6 Å². The zero-order valence-electron chi connectivity index (χ0n) is 13.5. The van der Waals surface area contributed by atoms with E-state index in [1.54, 1.807) is 18.2 Å². The number of benzene rings is 2. The van der Waals surface area contributed by atoms with Crippen LogP contribution in [0.2, 0.25) is 0 Å². The van der Waals surface area contributed by atoms with Gasteiger partial charge < -0.3 is 19.7 Å². The summed E-state index contributed by atoms with van der Waals surface area (Å²) in [5.41, 5.74) is 1.97. The third-order valence-electron chi connectivity index (χ3n) is 3.98. The monoisotopic (exact) mass is 326 g/mol. The lowest BCUT2D eigenvalue weighted by Crippen LogP contribution is -2.04. The summed E-state index contributed by atoms with van der Waals surface area (Å²) in [6.07, 6.45) is 2.16. The van der Waals surface area contributed by atoms with Crippen LogP contribution in [0.1, 0.15) is 25.0 Å². The van der Waals surface area contributed by atoms with Crippen LogP contribution in [0, 0.1) is 0 Å². The summed E-state index contributed by atoms with van der Waals surface area (Å²) in [4.78, 5) is 12.8. The van der Waals surface area contributed by atoms with Crippen molar-refractivity contribution in [3.05, 3.63) is 57.3 Å². The molecule has 3 N–H and O–H groups in total. The van der Waals surface area contributed by atoms with Crippen molar-refractivity contribution in [3.63, 3.8) is 0 Å². The van der Waals surface area contributed by atoms with E-state index in [1.165, 1.54) is 6.07 Å². The summed E-state index contributed by atoms with van der Waals surface area (Å²) >= 11 is 0. The highest BCUT2D eigenvalue weighted by molar-refractivity contribution is 5.95. The van der Waals surface area contributed by atoms with Crippen LogP contribution in [-0.2, 0) is 13.0 Å². The largest absolute Gasteiger partial charge is 0.507 e. The van der Waals surface area contributed by atoms with Crippen LogP contribution in [0.3, 0.4) is 0 Å². The number of fused-ring (bicyclic) bond motifs is 2. The Morgan fingerprint density at radius 3 is 2.58 bits per heavy atom. The van der Waals surface area contributed by atoms with Gasteiger partial charge in [-0.15, -0.1) is 0 Å². The van der Waals surface area contributed by atoms with Crippen molar-refractivity contribution in [2.24, 2.45) is 0 Å². The smallest absolute Gasteiger partial charge is 0.204 e. The first-order valence-electron chi connectivity index (χ1n) is 7.60. The van der Waals surface area contributed by atoms with Crippen molar-refractivity contribution < 1.29 is 19.7 Å². The van der Waals surface area contributed by atoms with Crippen LogP contribution in [0.4, 0.5) is 0 Å². The molecule has 0 unspecified atom stereocenters. The van der Waals surface area contributed by atoms with Gasteiger partial charge in [0, 0.05) is 11.6 Å². The standard InChI is InChI=1S/C19H18O5/c1-10(2)3-5-12-14(21)8-16-17(18(12)22)19(23)13-7-11(9-20)4-6-15(13)24-16/h3-4,6-8,20-22H,5,9H2,1-2H3. The minimum Gasteiger partial charge on any atom is -0.507 e. The second-order valence-corrected chi connectivity index (χ2v) is 6.00. The van der Waals surface area contributed by atoms with Crippen molar-refractivity contribution in [3.8, 4) is 11.5 Å². The van der Waals surface area contributed by atoms with E-state index in [0.717, 1.165) is 5.57 Å². The van der Waals surface area contributed by atoms with E-state index in [-0.39, 0.29) is 40.0 Å². The molecule has 0 aliphatic rings. The Labute approximate surface area is 138 Å². The fourth-order valence-corrected chi connectivity index (χ4v) is 2.67. The summed E-state index contributed by atoms with van der Waals surface area (Å²) < 4.78 is 5.65. The number of rotatable bonds is 3. The van der Waals surface area contributed by atoms with Gasteiger partial charge in [-0.1, -0.05) is 17.7 Å². The molecule has 0 fully saturated rings. The summed E-state index contributed by atoms with van der Waals surface area (Å²) in [5.74, 6) is -0.389. The fraction of sp³-hybridized carbons (Fsp3) is 0.211. The van der Waals surface area contributed by atoms with Crippen molar-refractivity contribution in [1.29, 1.82) is 0 Å². The average Bonchev–Trinajstić information content (AvgIpc) is 2.53. The molecule has 1 aromatic heterocycles. The van der Waals surface area contributed by atoms with E-state index < -0.39 is 5.43 Å². The van der Waals surface area contributed by atoms with Crippen LogP contribution in [-0.4, -0.2) is 15.3 Å². The molecule has 0 amide bonds. The molecule has 3 aromatic rings. The molecule has 1 heterocycles. The van der Waals surface area contributed by atoms with Crippen molar-refractivity contribution in [1.82, 2.24) is 0 Å². The summed E-state index contributed by atoms with van der Waals surface area (Å²) in [5, 5.41) is 30.2. The second-order valence-electron chi connectivity index (χ2n) is 6.00. The average molecular weight is 326 g/mol. The van der Waals surface area contributed by atoms with Crippen molar-refractivity contribution in [2.45, 2.75) is 26.9 Å². The van der Waals surface area contributed by atoms with E-state index in [2.05, 4.69) is 0 Å². The summed E-state index contributed by atoms with van der Waals surface area (Å²) in [6, 6.07) is 6.14. The second kappa shape index (κ2) is 6.02.